The van der Waals surface area contributed by atoms with Gasteiger partial charge in [0.1, 0.15) is 5.69 Å². The van der Waals surface area contributed by atoms with Gasteiger partial charge in [0.2, 0.25) is 20.0 Å². The molecule has 0 bridgehead atoms. The first-order valence-corrected chi connectivity index (χ1v) is 8.73. The van der Waals surface area contributed by atoms with Gasteiger partial charge in [-0.05, 0) is 12.1 Å². The number of nitrogens with zero attached hydrogens (tertiary/aromatic N) is 1. The fourth-order valence-corrected chi connectivity index (χ4v) is 3.02. The number of sulfonamides is 2. The Morgan fingerprint density at radius 3 is 2.38 bits per heavy atom. The molecule has 1 aromatic carbocycles. The van der Waals surface area contributed by atoms with E-state index >= 15 is 0 Å². The minimum Gasteiger partial charge on any atom is -0.383 e. The maximum atomic E-state index is 11.9. The molecule has 0 unspecified atom stereocenters. The summed E-state index contributed by atoms with van der Waals surface area (Å²) in [5.74, 6) is -0.557. The molecule has 0 saturated heterocycles. The van der Waals surface area contributed by atoms with E-state index in [2.05, 4.69) is 5.32 Å². The average Bonchev–Trinajstić information content (AvgIpc) is 2.35. The Bertz CT molecular complexity index is 744. The number of nitrogens with one attached hydrogen (secondary N) is 2. The van der Waals surface area contributed by atoms with Crippen molar-refractivity contribution in [3.63, 3.8) is 0 Å². The molecule has 1 rings (SSSR count). The molecule has 0 radical (unpaired) electrons. The summed E-state index contributed by atoms with van der Waals surface area (Å²) in [4.78, 5) is 9.86. The third kappa shape index (κ3) is 4.93. The van der Waals surface area contributed by atoms with Crippen LogP contribution in [-0.2, 0) is 20.0 Å². The zero-order chi connectivity index (χ0) is 16.3. The summed E-state index contributed by atoms with van der Waals surface area (Å²) in [6.45, 7) is -0.396. The van der Waals surface area contributed by atoms with Gasteiger partial charge in [0.15, 0.2) is 0 Å². The van der Waals surface area contributed by atoms with Crippen LogP contribution in [0.5, 0.6) is 0 Å². The van der Waals surface area contributed by atoms with E-state index < -0.39 is 37.3 Å². The monoisotopic (exact) mass is 338 g/mol. The number of nitro benzene ring substituents is 1. The van der Waals surface area contributed by atoms with E-state index in [-0.39, 0.29) is 16.3 Å². The fourth-order valence-electron chi connectivity index (χ4n) is 1.44. The van der Waals surface area contributed by atoms with Crippen LogP contribution in [-0.4, -0.2) is 41.1 Å². The molecule has 21 heavy (non-hydrogen) atoms. The van der Waals surface area contributed by atoms with E-state index in [1.54, 1.807) is 0 Å². The highest BCUT2D eigenvalue weighted by Crippen LogP contribution is 2.26. The highest BCUT2D eigenvalue weighted by Gasteiger charge is 2.20. The molecular weight excluding hydrogens is 324 g/mol. The molecule has 0 fully saturated rings. The van der Waals surface area contributed by atoms with Crippen molar-refractivity contribution in [3.8, 4) is 0 Å². The van der Waals surface area contributed by atoms with Gasteiger partial charge in [-0.3, -0.25) is 10.1 Å². The van der Waals surface area contributed by atoms with Gasteiger partial charge in [-0.25, -0.2) is 26.7 Å². The van der Waals surface area contributed by atoms with Gasteiger partial charge in [0.05, 0.1) is 15.6 Å². The highest BCUT2D eigenvalue weighted by atomic mass is 32.2. The maximum Gasteiger partial charge on any atom is 0.292 e. The summed E-state index contributed by atoms with van der Waals surface area (Å²) in [5, 5.41) is 18.0. The van der Waals surface area contributed by atoms with Crippen LogP contribution in [0.15, 0.2) is 23.1 Å². The Balaban J connectivity index is 3.01. The van der Waals surface area contributed by atoms with Gasteiger partial charge in [-0.2, -0.15) is 0 Å². The third-order valence-electron chi connectivity index (χ3n) is 2.42. The summed E-state index contributed by atoms with van der Waals surface area (Å²) in [7, 11) is -6.37. The standard InChI is InChI=1S/C9H14N4O6S2/c1-11-8-6-7(2-3-9(8)13(14)15)21(18,19)12-4-5-20(10,16)17/h2-3,6,11-12H,4-5H2,1H3,(H2,10,16,17). The number of primary sulfonamides is 1. The normalized spacial score (nSPS) is 12.1. The second-order valence-corrected chi connectivity index (χ2v) is 7.45. The number of benzene rings is 1. The van der Waals surface area contributed by atoms with E-state index in [1.165, 1.54) is 7.05 Å². The van der Waals surface area contributed by atoms with Gasteiger partial charge < -0.3 is 5.32 Å². The number of hydrogen-bond donors (Lipinski definition) is 3. The quantitative estimate of drug-likeness (QED) is 0.433. The summed E-state index contributed by atoms with van der Waals surface area (Å²) in [6, 6.07) is 3.18. The van der Waals surface area contributed by atoms with Gasteiger partial charge in [-0.1, -0.05) is 0 Å². The van der Waals surface area contributed by atoms with Crippen LogP contribution in [0.2, 0.25) is 0 Å². The molecule has 1 aromatic rings. The first kappa shape index (κ1) is 17.3. The molecule has 0 heterocycles. The highest BCUT2D eigenvalue weighted by molar-refractivity contribution is 7.90. The first-order chi connectivity index (χ1) is 9.57. The molecule has 0 aliphatic rings. The molecule has 10 nitrogen and oxygen atoms in total. The van der Waals surface area contributed by atoms with E-state index in [0.717, 1.165) is 18.2 Å². The lowest BCUT2D eigenvalue weighted by Gasteiger charge is -2.08. The van der Waals surface area contributed by atoms with Crippen molar-refractivity contribution in [2.24, 2.45) is 5.14 Å². The summed E-state index contributed by atoms with van der Waals surface area (Å²) >= 11 is 0. The van der Waals surface area contributed by atoms with Gasteiger partial charge in [0, 0.05) is 19.7 Å². The molecule has 0 atom stereocenters. The molecule has 4 N–H and O–H groups in total. The molecular formula is C9H14N4O6S2. The van der Waals surface area contributed by atoms with Gasteiger partial charge in [0.25, 0.3) is 5.69 Å². The van der Waals surface area contributed by atoms with E-state index in [0.29, 0.717) is 0 Å². The third-order valence-corrected chi connectivity index (χ3v) is 4.65. The largest absolute Gasteiger partial charge is 0.383 e. The van der Waals surface area contributed by atoms with Crippen molar-refractivity contribution in [2.75, 3.05) is 24.7 Å². The van der Waals surface area contributed by atoms with Crippen molar-refractivity contribution < 1.29 is 21.8 Å². The minimum absolute atomic E-state index is 0.0225. The smallest absolute Gasteiger partial charge is 0.292 e. The van der Waals surface area contributed by atoms with Crippen LogP contribution >= 0.6 is 0 Å². The second-order valence-electron chi connectivity index (χ2n) is 3.95. The Hall–Kier alpha value is -1.76. The zero-order valence-electron chi connectivity index (χ0n) is 10.9. The lowest BCUT2D eigenvalue weighted by atomic mass is 10.3. The Labute approximate surface area is 121 Å². The number of nitrogens with two attached hydrogens (primary N) is 1. The molecule has 12 heteroatoms. The van der Waals surface area contributed by atoms with Crippen LogP contribution in [0.4, 0.5) is 11.4 Å². The average molecular weight is 338 g/mol. The number of anilines is 1. The number of nitro groups is 1. The molecule has 0 saturated carbocycles. The summed E-state index contributed by atoms with van der Waals surface area (Å²) in [6.07, 6.45) is 0. The van der Waals surface area contributed by atoms with Crippen molar-refractivity contribution >= 4 is 31.4 Å². The summed E-state index contributed by atoms with van der Waals surface area (Å²) in [5.41, 5.74) is -0.254. The molecule has 0 aliphatic heterocycles. The Kier molecular flexibility index (Phi) is 5.22. The van der Waals surface area contributed by atoms with Crippen molar-refractivity contribution in [2.45, 2.75) is 4.90 Å². The predicted octanol–water partition coefficient (Wildman–Crippen LogP) is -0.797. The van der Waals surface area contributed by atoms with Crippen LogP contribution in [0, 0.1) is 10.1 Å². The minimum atomic E-state index is -3.99. The molecule has 0 aliphatic carbocycles. The Morgan fingerprint density at radius 1 is 1.29 bits per heavy atom. The van der Waals surface area contributed by atoms with Crippen LogP contribution in [0.3, 0.4) is 0 Å². The van der Waals surface area contributed by atoms with Crippen LogP contribution < -0.4 is 15.2 Å². The predicted molar refractivity (Wildman–Crippen MR) is 75.8 cm³/mol. The number of rotatable bonds is 7. The summed E-state index contributed by atoms with van der Waals surface area (Å²) < 4.78 is 47.4. The van der Waals surface area contributed by atoms with Crippen LogP contribution in [0.25, 0.3) is 0 Å². The van der Waals surface area contributed by atoms with E-state index in [9.17, 15) is 26.9 Å². The first-order valence-electron chi connectivity index (χ1n) is 5.53. The molecule has 118 valence electrons. The topological polar surface area (TPSA) is 162 Å². The molecule has 0 spiro atoms. The number of hydrogen-bond acceptors (Lipinski definition) is 7. The SMILES string of the molecule is CNc1cc(S(=O)(=O)NCCS(N)(=O)=O)ccc1[N+](=O)[O-]. The maximum absolute atomic E-state index is 11.9. The van der Waals surface area contributed by atoms with E-state index in [4.69, 9.17) is 5.14 Å². The zero-order valence-corrected chi connectivity index (χ0v) is 12.6. The van der Waals surface area contributed by atoms with Gasteiger partial charge in [-0.15, -0.1) is 0 Å². The molecule has 0 aromatic heterocycles. The lowest BCUT2D eigenvalue weighted by Crippen LogP contribution is -2.31. The lowest BCUT2D eigenvalue weighted by molar-refractivity contribution is -0.384. The Morgan fingerprint density at radius 2 is 1.90 bits per heavy atom. The van der Waals surface area contributed by atoms with Crippen molar-refractivity contribution in [3.05, 3.63) is 28.3 Å². The second kappa shape index (κ2) is 6.34. The van der Waals surface area contributed by atoms with E-state index in [1.807, 2.05) is 4.72 Å². The van der Waals surface area contributed by atoms with Crippen molar-refractivity contribution in [1.29, 1.82) is 0 Å². The van der Waals surface area contributed by atoms with Gasteiger partial charge >= 0.3 is 0 Å². The van der Waals surface area contributed by atoms with Crippen molar-refractivity contribution in [1.82, 2.24) is 4.72 Å². The van der Waals surface area contributed by atoms with Crippen LogP contribution in [0.1, 0.15) is 0 Å². The fraction of sp³-hybridized carbons (Fsp3) is 0.333. The molecule has 0 amide bonds.